The Morgan fingerprint density at radius 1 is 0.969 bits per heavy atom. The van der Waals surface area contributed by atoms with Crippen LogP contribution in [-0.2, 0) is 14.2 Å². The number of ketones is 1. The van der Waals surface area contributed by atoms with E-state index in [9.17, 15) is 35.4 Å². The summed E-state index contributed by atoms with van der Waals surface area (Å²) in [5.74, 6) is 0.116. The van der Waals surface area contributed by atoms with Gasteiger partial charge in [-0.2, -0.15) is 0 Å². The predicted molar refractivity (Wildman–Crippen MR) is 104 cm³/mol. The summed E-state index contributed by atoms with van der Waals surface area (Å²) in [6.45, 7) is 0.703. The van der Waals surface area contributed by atoms with Gasteiger partial charge in [0.25, 0.3) is 0 Å². The molecule has 1 aromatic carbocycles. The zero-order valence-corrected chi connectivity index (χ0v) is 17.5. The molecule has 0 radical (unpaired) electrons. The van der Waals surface area contributed by atoms with Crippen molar-refractivity contribution in [3.05, 3.63) is 23.8 Å². The molecule has 3 rings (SSSR count). The van der Waals surface area contributed by atoms with Crippen LogP contribution in [0.2, 0.25) is 0 Å². The molecule has 2 aliphatic heterocycles. The molecular weight excluding hydrogens is 432 g/mol. The zero-order chi connectivity index (χ0) is 23.6. The number of aliphatic hydroxyl groups is 6. The van der Waals surface area contributed by atoms with Gasteiger partial charge in [-0.3, -0.25) is 4.79 Å². The molecule has 1 aromatic rings. The summed E-state index contributed by atoms with van der Waals surface area (Å²) in [6.07, 6.45) is -13.1. The number of hydrogen-bond donors (Lipinski definition) is 6. The molecule has 2 fully saturated rings. The van der Waals surface area contributed by atoms with Gasteiger partial charge in [-0.25, -0.2) is 0 Å². The summed E-state index contributed by atoms with van der Waals surface area (Å²) in [6, 6.07) is 4.37. The van der Waals surface area contributed by atoms with E-state index in [4.69, 9.17) is 23.7 Å². The second-order valence-electron chi connectivity index (χ2n) is 7.64. The highest BCUT2D eigenvalue weighted by Crippen LogP contribution is 2.32. The average molecular weight is 460 g/mol. The largest absolute Gasteiger partial charge is 0.493 e. The van der Waals surface area contributed by atoms with Crippen LogP contribution in [0.15, 0.2) is 18.2 Å². The number of benzene rings is 1. The van der Waals surface area contributed by atoms with E-state index in [0.717, 1.165) is 0 Å². The molecule has 2 heterocycles. The highest BCUT2D eigenvalue weighted by Gasteiger charge is 2.46. The Balaban J connectivity index is 1.68. The van der Waals surface area contributed by atoms with Gasteiger partial charge in [-0.05, 0) is 25.1 Å². The summed E-state index contributed by atoms with van der Waals surface area (Å²) < 4.78 is 26.9. The van der Waals surface area contributed by atoms with Crippen LogP contribution < -0.4 is 9.47 Å². The van der Waals surface area contributed by atoms with Gasteiger partial charge in [0.2, 0.25) is 6.29 Å². The maximum absolute atomic E-state index is 11.6. The van der Waals surface area contributed by atoms with Gasteiger partial charge >= 0.3 is 0 Å². The van der Waals surface area contributed by atoms with E-state index in [1.807, 2.05) is 0 Å². The lowest BCUT2D eigenvalue weighted by Gasteiger charge is -2.41. The van der Waals surface area contributed by atoms with Crippen LogP contribution >= 0.6 is 0 Å². The quantitative estimate of drug-likeness (QED) is 0.236. The van der Waals surface area contributed by atoms with Crippen LogP contribution in [0.5, 0.6) is 11.5 Å². The first-order chi connectivity index (χ1) is 15.1. The Bertz CT molecular complexity index is 788. The van der Waals surface area contributed by atoms with Crippen molar-refractivity contribution in [1.29, 1.82) is 0 Å². The second-order valence-corrected chi connectivity index (χ2v) is 7.64. The SMILES string of the molecule is COc1cc(C(C)=O)ccc1OC1OC(COC2OCC(O)C(O)C2O)C(O)C(O)C1O. The fourth-order valence-electron chi connectivity index (χ4n) is 3.38. The molecular formula is C20H28O12. The molecule has 2 saturated heterocycles. The van der Waals surface area contributed by atoms with Gasteiger partial charge in [-0.1, -0.05) is 0 Å². The van der Waals surface area contributed by atoms with Crippen molar-refractivity contribution < 1.29 is 59.1 Å². The highest BCUT2D eigenvalue weighted by atomic mass is 16.7. The van der Waals surface area contributed by atoms with E-state index in [0.29, 0.717) is 5.56 Å². The lowest BCUT2D eigenvalue weighted by atomic mass is 9.99. The topological polar surface area (TPSA) is 185 Å². The lowest BCUT2D eigenvalue weighted by Crippen LogP contribution is -2.61. The van der Waals surface area contributed by atoms with Gasteiger partial charge in [0, 0.05) is 5.56 Å². The third-order valence-corrected chi connectivity index (χ3v) is 5.36. The van der Waals surface area contributed by atoms with E-state index in [-0.39, 0.29) is 23.9 Å². The number of Topliss-reactive ketones (excluding diaryl/α,β-unsaturated/α-hetero) is 1. The Morgan fingerprint density at radius 2 is 1.66 bits per heavy atom. The highest BCUT2D eigenvalue weighted by molar-refractivity contribution is 5.94. The van der Waals surface area contributed by atoms with Crippen molar-refractivity contribution in [2.45, 2.75) is 62.2 Å². The first kappa shape index (κ1) is 24.8. The van der Waals surface area contributed by atoms with Gasteiger partial charge in [-0.15, -0.1) is 0 Å². The first-order valence-electron chi connectivity index (χ1n) is 9.96. The number of hydrogen-bond acceptors (Lipinski definition) is 12. The van der Waals surface area contributed by atoms with Crippen LogP contribution in [0.25, 0.3) is 0 Å². The Kier molecular flexibility index (Phi) is 8.03. The standard InChI is InChI=1S/C20H28O12/c1-8(21)9-3-4-11(12(5-9)28-2)31-20-18(27)16(25)15(24)13(32-20)7-30-19-17(26)14(23)10(22)6-29-19/h3-5,10,13-20,22-27H,6-7H2,1-2H3. The monoisotopic (exact) mass is 460 g/mol. The number of methoxy groups -OCH3 is 1. The van der Waals surface area contributed by atoms with Crippen LogP contribution in [0, 0.1) is 0 Å². The minimum atomic E-state index is -1.66. The molecule has 180 valence electrons. The molecule has 0 aliphatic carbocycles. The minimum Gasteiger partial charge on any atom is -0.493 e. The Morgan fingerprint density at radius 3 is 2.31 bits per heavy atom. The molecule has 0 saturated carbocycles. The van der Waals surface area contributed by atoms with Crippen molar-refractivity contribution in [2.24, 2.45) is 0 Å². The predicted octanol–water partition coefficient (Wildman–Crippen LogP) is -2.46. The summed E-state index contributed by atoms with van der Waals surface area (Å²) in [5, 5.41) is 59.9. The molecule has 9 atom stereocenters. The average Bonchev–Trinajstić information content (AvgIpc) is 2.78. The second kappa shape index (κ2) is 10.4. The van der Waals surface area contributed by atoms with Crippen LogP contribution in [0.4, 0.5) is 0 Å². The molecule has 0 spiro atoms. The van der Waals surface area contributed by atoms with E-state index in [1.165, 1.54) is 32.2 Å². The maximum atomic E-state index is 11.6. The van der Waals surface area contributed by atoms with Gasteiger partial charge in [0.05, 0.1) is 20.3 Å². The first-order valence-corrected chi connectivity index (χ1v) is 9.96. The molecule has 0 amide bonds. The number of ether oxygens (including phenoxy) is 5. The third kappa shape index (κ3) is 5.20. The van der Waals surface area contributed by atoms with E-state index >= 15 is 0 Å². The van der Waals surface area contributed by atoms with Crippen molar-refractivity contribution >= 4 is 5.78 Å². The summed E-state index contributed by atoms with van der Waals surface area (Å²) in [5.41, 5.74) is 0.374. The van der Waals surface area contributed by atoms with Crippen LogP contribution in [0.3, 0.4) is 0 Å². The lowest BCUT2D eigenvalue weighted by molar-refractivity contribution is -0.307. The van der Waals surface area contributed by atoms with Crippen molar-refractivity contribution in [3.8, 4) is 11.5 Å². The molecule has 12 heteroatoms. The zero-order valence-electron chi connectivity index (χ0n) is 17.5. The van der Waals surface area contributed by atoms with Crippen molar-refractivity contribution in [1.82, 2.24) is 0 Å². The van der Waals surface area contributed by atoms with Crippen molar-refractivity contribution in [3.63, 3.8) is 0 Å². The molecule has 0 bridgehead atoms. The number of carbonyl (C=O) groups is 1. The molecule has 0 aromatic heterocycles. The summed E-state index contributed by atoms with van der Waals surface area (Å²) in [4.78, 5) is 11.6. The van der Waals surface area contributed by atoms with Gasteiger partial charge in [0.15, 0.2) is 23.6 Å². The maximum Gasteiger partial charge on any atom is 0.229 e. The molecule has 6 N–H and O–H groups in total. The van der Waals surface area contributed by atoms with E-state index < -0.39 is 61.9 Å². The molecule has 2 aliphatic rings. The molecule has 9 unspecified atom stereocenters. The Labute approximate surface area is 183 Å². The van der Waals surface area contributed by atoms with E-state index in [2.05, 4.69) is 0 Å². The summed E-state index contributed by atoms with van der Waals surface area (Å²) in [7, 11) is 1.36. The molecule has 32 heavy (non-hydrogen) atoms. The third-order valence-electron chi connectivity index (χ3n) is 5.36. The smallest absolute Gasteiger partial charge is 0.229 e. The van der Waals surface area contributed by atoms with Gasteiger partial charge < -0.3 is 54.3 Å². The minimum absolute atomic E-state index is 0.118. The van der Waals surface area contributed by atoms with Crippen LogP contribution in [0.1, 0.15) is 17.3 Å². The molecule has 12 nitrogen and oxygen atoms in total. The van der Waals surface area contributed by atoms with Gasteiger partial charge in [0.1, 0.15) is 42.7 Å². The van der Waals surface area contributed by atoms with E-state index in [1.54, 1.807) is 0 Å². The number of rotatable bonds is 7. The Hall–Kier alpha value is -1.87. The van der Waals surface area contributed by atoms with Crippen LogP contribution in [-0.4, -0.2) is 112 Å². The number of aliphatic hydroxyl groups excluding tert-OH is 6. The fraction of sp³-hybridized carbons (Fsp3) is 0.650. The van der Waals surface area contributed by atoms with Crippen molar-refractivity contribution in [2.75, 3.05) is 20.3 Å². The normalized spacial score (nSPS) is 37.7. The fourth-order valence-corrected chi connectivity index (χ4v) is 3.38. The summed E-state index contributed by atoms with van der Waals surface area (Å²) >= 11 is 0. The number of carbonyl (C=O) groups excluding carboxylic acids is 1.